The lowest BCUT2D eigenvalue weighted by atomic mass is 10.0. The average molecular weight is 514 g/mol. The van der Waals surface area contributed by atoms with Gasteiger partial charge >= 0.3 is 0 Å². The van der Waals surface area contributed by atoms with Gasteiger partial charge in [0.05, 0.1) is 10.6 Å². The second kappa shape index (κ2) is 9.93. The number of carbonyl (C=O) groups excluding carboxylic acids is 1. The summed E-state index contributed by atoms with van der Waals surface area (Å²) >= 11 is 5.25. The number of para-hydroxylation sites is 1. The van der Waals surface area contributed by atoms with Gasteiger partial charge in [0, 0.05) is 18.3 Å². The number of nitrogens with one attached hydrogen (secondary N) is 2. The fraction of sp³-hybridized carbons (Fsp3) is 0.0714. The number of fused-ring (bicyclic) bond motifs is 2. The standard InChI is InChI=1S/C28H23N3O3S2/c32-27(17-12-21-9-5-8-20-6-1-3-10-25(20)21)30-28(35)29-23-13-15-24(16-14-23)36(33,34)31-19-18-22-7-2-4-11-26(22)31/h1-17H,18-19H2,(H2,29,30,32,35)/b17-12+. The molecular weight excluding hydrogens is 490 g/mol. The minimum atomic E-state index is -3.67. The van der Waals surface area contributed by atoms with E-state index >= 15 is 0 Å². The first-order valence-corrected chi connectivity index (χ1v) is 13.3. The number of hydrogen-bond acceptors (Lipinski definition) is 4. The van der Waals surface area contributed by atoms with E-state index in [1.807, 2.05) is 66.7 Å². The van der Waals surface area contributed by atoms with Gasteiger partial charge in [0.2, 0.25) is 5.91 Å². The second-order valence-electron chi connectivity index (χ2n) is 8.33. The van der Waals surface area contributed by atoms with Crippen LogP contribution < -0.4 is 14.9 Å². The minimum absolute atomic E-state index is 0.117. The molecule has 36 heavy (non-hydrogen) atoms. The zero-order chi connectivity index (χ0) is 25.1. The number of hydrogen-bond donors (Lipinski definition) is 2. The third-order valence-electron chi connectivity index (χ3n) is 6.02. The van der Waals surface area contributed by atoms with Crippen molar-refractivity contribution in [3.63, 3.8) is 0 Å². The third-order valence-corrected chi connectivity index (χ3v) is 8.05. The van der Waals surface area contributed by atoms with E-state index in [0.717, 1.165) is 27.6 Å². The smallest absolute Gasteiger partial charge is 0.264 e. The van der Waals surface area contributed by atoms with Gasteiger partial charge in [-0.15, -0.1) is 0 Å². The number of carbonyl (C=O) groups is 1. The van der Waals surface area contributed by atoms with E-state index in [-0.39, 0.29) is 15.9 Å². The second-order valence-corrected chi connectivity index (χ2v) is 10.6. The molecule has 0 saturated carbocycles. The Bertz CT molecular complexity index is 1590. The maximum Gasteiger partial charge on any atom is 0.264 e. The number of sulfonamides is 1. The van der Waals surface area contributed by atoms with Crippen molar-refractivity contribution < 1.29 is 13.2 Å². The lowest BCUT2D eigenvalue weighted by Crippen LogP contribution is -2.32. The Labute approximate surface area is 215 Å². The normalized spacial score (nSPS) is 13.1. The van der Waals surface area contributed by atoms with Crippen LogP contribution in [-0.2, 0) is 21.2 Å². The van der Waals surface area contributed by atoms with Gasteiger partial charge in [0.15, 0.2) is 5.11 Å². The maximum absolute atomic E-state index is 13.2. The van der Waals surface area contributed by atoms with Crippen molar-refractivity contribution in [2.24, 2.45) is 0 Å². The molecule has 5 rings (SSSR count). The topological polar surface area (TPSA) is 78.5 Å². The van der Waals surface area contributed by atoms with Gasteiger partial charge in [-0.1, -0.05) is 60.7 Å². The monoisotopic (exact) mass is 513 g/mol. The van der Waals surface area contributed by atoms with Crippen molar-refractivity contribution in [3.8, 4) is 0 Å². The van der Waals surface area contributed by atoms with Gasteiger partial charge in [-0.2, -0.15) is 0 Å². The van der Waals surface area contributed by atoms with E-state index in [4.69, 9.17) is 12.2 Å². The van der Waals surface area contributed by atoms with Crippen molar-refractivity contribution in [1.29, 1.82) is 0 Å². The number of rotatable bonds is 5. The van der Waals surface area contributed by atoms with Crippen LogP contribution in [0.15, 0.2) is 102 Å². The quantitative estimate of drug-likeness (QED) is 0.286. The molecule has 0 spiro atoms. The lowest BCUT2D eigenvalue weighted by Gasteiger charge is -2.19. The summed E-state index contributed by atoms with van der Waals surface area (Å²) in [5.41, 5.74) is 3.24. The summed E-state index contributed by atoms with van der Waals surface area (Å²) in [7, 11) is -3.67. The van der Waals surface area contributed by atoms with Crippen molar-refractivity contribution in [1.82, 2.24) is 5.32 Å². The first-order valence-electron chi connectivity index (χ1n) is 11.4. The summed E-state index contributed by atoms with van der Waals surface area (Å²) in [5, 5.41) is 7.80. The first kappa shape index (κ1) is 23.7. The molecule has 0 radical (unpaired) electrons. The summed E-state index contributed by atoms with van der Waals surface area (Å²) < 4.78 is 27.8. The predicted molar refractivity (Wildman–Crippen MR) is 148 cm³/mol. The Morgan fingerprint density at radius 1 is 0.889 bits per heavy atom. The highest BCUT2D eigenvalue weighted by molar-refractivity contribution is 7.92. The van der Waals surface area contributed by atoms with Gasteiger partial charge in [-0.3, -0.25) is 14.4 Å². The number of amides is 1. The molecule has 1 aliphatic rings. The van der Waals surface area contributed by atoms with E-state index in [2.05, 4.69) is 10.6 Å². The van der Waals surface area contributed by atoms with E-state index in [1.54, 1.807) is 18.2 Å². The van der Waals surface area contributed by atoms with Crippen LogP contribution in [0.25, 0.3) is 16.8 Å². The molecule has 0 aliphatic carbocycles. The summed E-state index contributed by atoms with van der Waals surface area (Å²) in [6, 6.07) is 27.7. The highest BCUT2D eigenvalue weighted by atomic mass is 32.2. The molecule has 8 heteroatoms. The van der Waals surface area contributed by atoms with Crippen molar-refractivity contribution in [2.75, 3.05) is 16.2 Å². The van der Waals surface area contributed by atoms with Crippen molar-refractivity contribution >= 4 is 61.5 Å². The summed E-state index contributed by atoms with van der Waals surface area (Å²) in [4.78, 5) is 12.6. The van der Waals surface area contributed by atoms with E-state index in [9.17, 15) is 13.2 Å². The number of thiocarbonyl (C=S) groups is 1. The molecule has 4 aromatic rings. The van der Waals surface area contributed by atoms with Crippen LogP contribution in [0.1, 0.15) is 11.1 Å². The van der Waals surface area contributed by atoms with Gasteiger partial charge in [-0.05, 0) is 76.9 Å². The molecule has 0 saturated heterocycles. The van der Waals surface area contributed by atoms with Gasteiger partial charge in [0.25, 0.3) is 10.0 Å². The SMILES string of the molecule is O=C(/C=C/c1cccc2ccccc12)NC(=S)Nc1ccc(S(=O)(=O)N2CCc3ccccc32)cc1. The Morgan fingerprint density at radius 3 is 2.44 bits per heavy atom. The molecule has 4 aromatic carbocycles. The van der Waals surface area contributed by atoms with Crippen LogP contribution in [0.4, 0.5) is 11.4 Å². The van der Waals surface area contributed by atoms with Gasteiger partial charge in [-0.25, -0.2) is 8.42 Å². The molecule has 180 valence electrons. The fourth-order valence-electron chi connectivity index (χ4n) is 4.27. The molecule has 0 aromatic heterocycles. The van der Waals surface area contributed by atoms with E-state index in [0.29, 0.717) is 18.7 Å². The van der Waals surface area contributed by atoms with Crippen LogP contribution in [0.2, 0.25) is 0 Å². The average Bonchev–Trinajstić information content (AvgIpc) is 3.33. The van der Waals surface area contributed by atoms with Crippen LogP contribution in [0, 0.1) is 0 Å². The Balaban J connectivity index is 1.22. The zero-order valence-corrected chi connectivity index (χ0v) is 20.9. The van der Waals surface area contributed by atoms with Crippen molar-refractivity contribution in [2.45, 2.75) is 11.3 Å². The summed E-state index contributed by atoms with van der Waals surface area (Å²) in [5.74, 6) is -0.368. The first-order chi connectivity index (χ1) is 17.4. The number of benzene rings is 4. The number of nitrogens with zero attached hydrogens (tertiary/aromatic N) is 1. The van der Waals surface area contributed by atoms with Crippen LogP contribution in [0.3, 0.4) is 0 Å². The fourth-order valence-corrected chi connectivity index (χ4v) is 5.99. The lowest BCUT2D eigenvalue weighted by molar-refractivity contribution is -0.115. The molecule has 0 atom stereocenters. The molecule has 0 bridgehead atoms. The van der Waals surface area contributed by atoms with Crippen molar-refractivity contribution in [3.05, 3.63) is 108 Å². The predicted octanol–water partition coefficient (Wildman–Crippen LogP) is 5.12. The Morgan fingerprint density at radius 2 is 1.61 bits per heavy atom. The van der Waals surface area contributed by atoms with Gasteiger partial charge in [0.1, 0.15) is 0 Å². The molecule has 1 heterocycles. The van der Waals surface area contributed by atoms with Crippen LogP contribution >= 0.6 is 12.2 Å². The largest absolute Gasteiger partial charge is 0.332 e. The molecule has 0 unspecified atom stereocenters. The Kier molecular flexibility index (Phi) is 6.54. The highest BCUT2D eigenvalue weighted by Gasteiger charge is 2.30. The Hall–Kier alpha value is -4.01. The molecular formula is C28H23N3O3S2. The van der Waals surface area contributed by atoms with Gasteiger partial charge < -0.3 is 5.32 Å². The molecule has 2 N–H and O–H groups in total. The highest BCUT2D eigenvalue weighted by Crippen LogP contribution is 2.32. The van der Waals surface area contributed by atoms with E-state index in [1.165, 1.54) is 22.5 Å². The zero-order valence-electron chi connectivity index (χ0n) is 19.2. The van der Waals surface area contributed by atoms with Crippen LogP contribution in [-0.4, -0.2) is 26.0 Å². The molecule has 1 amide bonds. The molecule has 6 nitrogen and oxygen atoms in total. The van der Waals surface area contributed by atoms with E-state index < -0.39 is 10.0 Å². The summed E-state index contributed by atoms with van der Waals surface area (Å²) in [6.45, 7) is 0.421. The number of anilines is 2. The third kappa shape index (κ3) is 4.86. The van der Waals surface area contributed by atoms with Crippen LogP contribution in [0.5, 0.6) is 0 Å². The minimum Gasteiger partial charge on any atom is -0.332 e. The molecule has 0 fully saturated rings. The maximum atomic E-state index is 13.2. The molecule has 1 aliphatic heterocycles. The summed E-state index contributed by atoms with van der Waals surface area (Å²) in [6.07, 6.45) is 3.87.